The van der Waals surface area contributed by atoms with Gasteiger partial charge in [0.15, 0.2) is 0 Å². The van der Waals surface area contributed by atoms with Crippen molar-refractivity contribution >= 4 is 29.8 Å². The molecule has 3 N–H and O–H groups in total. The molecular formula is C24H22N4O5. The highest BCUT2D eigenvalue weighted by Gasteiger charge is 2.68. The molecule has 2 aromatic carbocycles. The zero-order valence-electron chi connectivity index (χ0n) is 17.6. The standard InChI is InChI=1S/C24H22N4O5/c29-17-9-5-4-8-16(17)20-18-19(24(27-20,23(32)33)10-15-11-25-13-26-15)22(31)28(21(18)30)12-14-6-2-1-3-7-14/h1-9,13,18-20,27,29H,10-12H2,(H,32,33)/t18-,19+,20+,24-/m1/s1. The number of fused-ring (bicyclic) bond motifs is 1. The second-order valence-electron chi connectivity index (χ2n) is 8.54. The van der Waals surface area contributed by atoms with Gasteiger partial charge in [0.25, 0.3) is 0 Å². The van der Waals surface area contributed by atoms with Crippen molar-refractivity contribution < 1.29 is 24.6 Å². The van der Waals surface area contributed by atoms with Crippen LogP contribution in [0.4, 0.5) is 0 Å². The number of phenols is 1. The molecule has 0 aliphatic carbocycles. The monoisotopic (exact) mass is 446 g/mol. The summed E-state index contributed by atoms with van der Waals surface area (Å²) in [6, 6.07) is 14.7. The first-order valence-electron chi connectivity index (χ1n) is 10.6. The first-order chi connectivity index (χ1) is 15.9. The Morgan fingerprint density at radius 2 is 1.82 bits per heavy atom. The average Bonchev–Trinajstić information content (AvgIpc) is 3.49. The predicted octanol–water partition coefficient (Wildman–Crippen LogP) is 1.53. The van der Waals surface area contributed by atoms with Gasteiger partial charge in [0.2, 0.25) is 11.8 Å². The number of aromatic hydroxyl groups is 1. The van der Waals surface area contributed by atoms with Crippen molar-refractivity contribution in [2.45, 2.75) is 24.5 Å². The smallest absolute Gasteiger partial charge is 0.325 e. The molecule has 3 aliphatic rings. The van der Waals surface area contributed by atoms with E-state index in [1.165, 1.54) is 12.4 Å². The number of para-hydroxylation sites is 1. The molecule has 4 atom stereocenters. The number of carboxylic acid groups (broad SMARTS) is 1. The maximum atomic E-state index is 13.6. The predicted molar refractivity (Wildman–Crippen MR) is 119 cm³/mol. The number of rotatable bonds is 6. The molecule has 9 nitrogen and oxygen atoms in total. The summed E-state index contributed by atoms with van der Waals surface area (Å²) in [6.45, 7) is 0.296. The van der Waals surface area contributed by atoms with E-state index in [1.807, 2.05) is 30.3 Å². The summed E-state index contributed by atoms with van der Waals surface area (Å²) in [5.74, 6) is -4.44. The summed E-state index contributed by atoms with van der Waals surface area (Å²) in [5.41, 5.74) is -0.102. The summed E-state index contributed by atoms with van der Waals surface area (Å²) < 4.78 is 0. The Kier molecular flexibility index (Phi) is 5.05. The Bertz CT molecular complexity index is 1190. The van der Waals surface area contributed by atoms with Gasteiger partial charge in [0, 0.05) is 23.7 Å². The molecule has 3 aliphatic heterocycles. The van der Waals surface area contributed by atoms with Crippen LogP contribution in [0.1, 0.15) is 23.6 Å². The fourth-order valence-electron chi connectivity index (χ4n) is 5.17. The molecule has 2 saturated heterocycles. The number of aliphatic carboxylic acids is 1. The van der Waals surface area contributed by atoms with E-state index in [0.717, 1.165) is 10.5 Å². The highest BCUT2D eigenvalue weighted by molar-refractivity contribution is 6.11. The summed E-state index contributed by atoms with van der Waals surface area (Å²) in [7, 11) is 0. The fourth-order valence-corrected chi connectivity index (χ4v) is 5.17. The molecule has 0 aromatic heterocycles. The van der Waals surface area contributed by atoms with Crippen LogP contribution in [0.3, 0.4) is 0 Å². The number of likely N-dealkylation sites (tertiary alicyclic amines) is 1. The zero-order chi connectivity index (χ0) is 23.2. The lowest BCUT2D eigenvalue weighted by Gasteiger charge is -2.31. The van der Waals surface area contributed by atoms with Crippen LogP contribution in [-0.4, -0.2) is 57.0 Å². The van der Waals surface area contributed by atoms with Gasteiger partial charge in [0.1, 0.15) is 17.6 Å². The topological polar surface area (TPSA) is 132 Å². The summed E-state index contributed by atoms with van der Waals surface area (Å²) in [6.07, 6.45) is 1.28. The second kappa shape index (κ2) is 7.93. The van der Waals surface area contributed by atoms with Crippen molar-refractivity contribution in [3.63, 3.8) is 0 Å². The Balaban J connectivity index is 1.60. The zero-order valence-corrected chi connectivity index (χ0v) is 17.6. The molecule has 2 aromatic rings. The normalized spacial score (nSPS) is 28.3. The van der Waals surface area contributed by atoms with Gasteiger partial charge in [0.05, 0.1) is 24.9 Å². The Morgan fingerprint density at radius 3 is 2.48 bits per heavy atom. The van der Waals surface area contributed by atoms with Crippen LogP contribution in [0.15, 0.2) is 64.6 Å². The third-order valence-corrected chi connectivity index (χ3v) is 6.66. The van der Waals surface area contributed by atoms with Crippen LogP contribution in [0.2, 0.25) is 0 Å². The van der Waals surface area contributed by atoms with Crippen molar-refractivity contribution in [2.24, 2.45) is 21.8 Å². The number of phenolic OH excluding ortho intramolecular Hbond substituents is 1. The lowest BCUT2D eigenvalue weighted by molar-refractivity contribution is -0.151. The minimum absolute atomic E-state index is 0.0543. The molecule has 0 radical (unpaired) electrons. The molecule has 0 bridgehead atoms. The van der Waals surface area contributed by atoms with Gasteiger partial charge >= 0.3 is 5.97 Å². The second-order valence-corrected chi connectivity index (χ2v) is 8.54. The highest BCUT2D eigenvalue weighted by atomic mass is 16.4. The van der Waals surface area contributed by atoms with Crippen LogP contribution in [0.25, 0.3) is 0 Å². The largest absolute Gasteiger partial charge is 0.508 e. The number of amides is 2. The van der Waals surface area contributed by atoms with E-state index in [-0.39, 0.29) is 25.3 Å². The fraction of sp³-hybridized carbons (Fsp3) is 0.292. The van der Waals surface area contributed by atoms with Gasteiger partial charge in [-0.05, 0) is 11.6 Å². The third kappa shape index (κ3) is 3.32. The molecule has 9 heteroatoms. The van der Waals surface area contributed by atoms with E-state index < -0.39 is 41.2 Å². The molecule has 2 amide bonds. The number of aliphatic imine (C=N–C) groups is 2. The summed E-state index contributed by atoms with van der Waals surface area (Å²) in [4.78, 5) is 49.3. The van der Waals surface area contributed by atoms with Gasteiger partial charge in [-0.25, -0.2) is 4.99 Å². The van der Waals surface area contributed by atoms with Crippen LogP contribution >= 0.6 is 0 Å². The molecule has 0 spiro atoms. The average molecular weight is 446 g/mol. The molecule has 5 rings (SSSR count). The number of benzene rings is 2. The number of hydrogen-bond donors (Lipinski definition) is 3. The highest BCUT2D eigenvalue weighted by Crippen LogP contribution is 2.51. The van der Waals surface area contributed by atoms with Crippen molar-refractivity contribution in [3.8, 4) is 5.75 Å². The van der Waals surface area contributed by atoms with E-state index >= 15 is 0 Å². The Morgan fingerprint density at radius 1 is 1.09 bits per heavy atom. The number of hydrogen-bond acceptors (Lipinski definition) is 7. The van der Waals surface area contributed by atoms with Crippen LogP contribution < -0.4 is 5.32 Å². The molecule has 168 valence electrons. The Labute approximate surface area is 189 Å². The van der Waals surface area contributed by atoms with Crippen molar-refractivity contribution in [3.05, 3.63) is 65.7 Å². The SMILES string of the molecule is O=C1[C@@H]2[C@@H](C(=O)N1Cc1ccccc1)[C@](CC1=NC=NC1)(C(=O)O)N[C@H]2c1ccccc1O. The number of nitrogens with zero attached hydrogens (tertiary/aromatic N) is 3. The van der Waals surface area contributed by atoms with Crippen LogP contribution in [-0.2, 0) is 20.9 Å². The van der Waals surface area contributed by atoms with Gasteiger partial charge in [-0.3, -0.25) is 29.6 Å². The van der Waals surface area contributed by atoms with E-state index in [9.17, 15) is 24.6 Å². The van der Waals surface area contributed by atoms with Gasteiger partial charge in [-0.15, -0.1) is 0 Å². The maximum absolute atomic E-state index is 13.6. The van der Waals surface area contributed by atoms with Crippen molar-refractivity contribution in [2.75, 3.05) is 6.54 Å². The van der Waals surface area contributed by atoms with Crippen LogP contribution in [0.5, 0.6) is 5.75 Å². The molecule has 2 fully saturated rings. The minimum atomic E-state index is -1.76. The van der Waals surface area contributed by atoms with Crippen molar-refractivity contribution in [1.82, 2.24) is 10.2 Å². The van der Waals surface area contributed by atoms with E-state index in [0.29, 0.717) is 11.3 Å². The number of nitrogens with one attached hydrogen (secondary N) is 1. The number of carboxylic acids is 1. The summed E-state index contributed by atoms with van der Waals surface area (Å²) in [5, 5.41) is 23.9. The molecule has 0 unspecified atom stereocenters. The van der Waals surface area contributed by atoms with E-state index in [1.54, 1.807) is 18.2 Å². The van der Waals surface area contributed by atoms with Gasteiger partial charge in [-0.2, -0.15) is 0 Å². The number of imide groups is 1. The molecular weight excluding hydrogens is 424 g/mol. The maximum Gasteiger partial charge on any atom is 0.325 e. The quantitative estimate of drug-likeness (QED) is 0.577. The minimum Gasteiger partial charge on any atom is -0.508 e. The first-order valence-corrected chi connectivity index (χ1v) is 10.6. The van der Waals surface area contributed by atoms with Gasteiger partial charge < -0.3 is 10.2 Å². The lowest BCUT2D eigenvalue weighted by atomic mass is 9.76. The molecule has 3 heterocycles. The number of carbonyl (C=O) groups excluding carboxylic acids is 2. The van der Waals surface area contributed by atoms with Gasteiger partial charge in [-0.1, -0.05) is 48.5 Å². The van der Waals surface area contributed by atoms with E-state index in [2.05, 4.69) is 15.3 Å². The lowest BCUT2D eigenvalue weighted by Crippen LogP contribution is -2.57. The third-order valence-electron chi connectivity index (χ3n) is 6.66. The first kappa shape index (κ1) is 21.0. The molecule has 33 heavy (non-hydrogen) atoms. The van der Waals surface area contributed by atoms with Crippen LogP contribution in [0, 0.1) is 11.8 Å². The summed E-state index contributed by atoms with van der Waals surface area (Å²) >= 11 is 0. The van der Waals surface area contributed by atoms with E-state index in [4.69, 9.17) is 0 Å². The Hall–Kier alpha value is -3.85. The molecule has 0 saturated carbocycles. The van der Waals surface area contributed by atoms with Crippen molar-refractivity contribution in [1.29, 1.82) is 0 Å². The number of carbonyl (C=O) groups is 3.